The first-order valence-corrected chi connectivity index (χ1v) is 4.65. The predicted molar refractivity (Wildman–Crippen MR) is 58.1 cm³/mol. The van der Waals surface area contributed by atoms with Crippen LogP contribution in [0, 0.1) is 6.92 Å². The zero-order valence-electron chi connectivity index (χ0n) is 8.96. The molecule has 1 aromatic carbocycles. The summed E-state index contributed by atoms with van der Waals surface area (Å²) in [6, 6.07) is 5.97. The average molecular weight is 195 g/mol. The Hall–Kier alpha value is -1.22. The second-order valence-corrected chi connectivity index (χ2v) is 3.10. The molecule has 0 atom stereocenters. The van der Waals surface area contributed by atoms with Gasteiger partial charge in [-0.2, -0.15) is 0 Å². The van der Waals surface area contributed by atoms with Crippen LogP contribution in [0.4, 0.5) is 5.69 Å². The second kappa shape index (κ2) is 5.50. The van der Waals surface area contributed by atoms with E-state index in [0.717, 1.165) is 18.0 Å². The van der Waals surface area contributed by atoms with Crippen LogP contribution in [0.5, 0.6) is 5.75 Å². The minimum atomic E-state index is 0.714. The third-order valence-corrected chi connectivity index (χ3v) is 2.06. The van der Waals surface area contributed by atoms with E-state index in [-0.39, 0.29) is 0 Å². The fourth-order valence-corrected chi connectivity index (χ4v) is 1.25. The highest BCUT2D eigenvalue weighted by molar-refractivity contribution is 5.53. The molecule has 0 radical (unpaired) electrons. The molecule has 0 saturated carbocycles. The van der Waals surface area contributed by atoms with Crippen LogP contribution in [0.15, 0.2) is 18.2 Å². The van der Waals surface area contributed by atoms with Crippen LogP contribution >= 0.6 is 0 Å². The van der Waals surface area contributed by atoms with E-state index >= 15 is 0 Å². The van der Waals surface area contributed by atoms with Crippen LogP contribution in [0.2, 0.25) is 0 Å². The summed E-state index contributed by atoms with van der Waals surface area (Å²) in [6.45, 7) is 3.59. The number of aryl methyl sites for hydroxylation is 1. The minimum Gasteiger partial charge on any atom is -0.497 e. The molecule has 0 fully saturated rings. The molecule has 14 heavy (non-hydrogen) atoms. The quantitative estimate of drug-likeness (QED) is 0.729. The molecule has 0 bridgehead atoms. The van der Waals surface area contributed by atoms with Crippen molar-refractivity contribution in [1.82, 2.24) is 0 Å². The first-order chi connectivity index (χ1) is 6.77. The fraction of sp³-hybridized carbons (Fsp3) is 0.455. The van der Waals surface area contributed by atoms with Gasteiger partial charge in [0.1, 0.15) is 5.75 Å². The van der Waals surface area contributed by atoms with Crippen molar-refractivity contribution in [3.63, 3.8) is 0 Å². The maximum Gasteiger partial charge on any atom is 0.119 e. The summed E-state index contributed by atoms with van der Waals surface area (Å²) in [6.07, 6.45) is 0. The summed E-state index contributed by atoms with van der Waals surface area (Å²) < 4.78 is 10.1. The van der Waals surface area contributed by atoms with Crippen LogP contribution in [0.3, 0.4) is 0 Å². The van der Waals surface area contributed by atoms with Crippen LogP contribution in [-0.2, 0) is 4.74 Å². The van der Waals surface area contributed by atoms with Crippen LogP contribution < -0.4 is 10.1 Å². The van der Waals surface area contributed by atoms with Crippen molar-refractivity contribution in [2.75, 3.05) is 32.7 Å². The lowest BCUT2D eigenvalue weighted by Crippen LogP contribution is -2.08. The van der Waals surface area contributed by atoms with E-state index in [2.05, 4.69) is 12.2 Å². The summed E-state index contributed by atoms with van der Waals surface area (Å²) in [5.41, 5.74) is 2.31. The largest absolute Gasteiger partial charge is 0.497 e. The van der Waals surface area contributed by atoms with Gasteiger partial charge in [0, 0.05) is 19.3 Å². The van der Waals surface area contributed by atoms with Crippen molar-refractivity contribution in [2.24, 2.45) is 0 Å². The molecule has 0 aliphatic carbocycles. The van der Waals surface area contributed by atoms with Crippen molar-refractivity contribution < 1.29 is 9.47 Å². The zero-order valence-corrected chi connectivity index (χ0v) is 8.96. The van der Waals surface area contributed by atoms with Crippen LogP contribution in [0.25, 0.3) is 0 Å². The lowest BCUT2D eigenvalue weighted by atomic mass is 10.2. The van der Waals surface area contributed by atoms with E-state index in [1.54, 1.807) is 14.2 Å². The third kappa shape index (κ3) is 2.92. The number of rotatable bonds is 5. The van der Waals surface area contributed by atoms with Crippen molar-refractivity contribution in [3.05, 3.63) is 23.8 Å². The summed E-state index contributed by atoms with van der Waals surface area (Å²) in [5, 5.41) is 3.28. The van der Waals surface area contributed by atoms with Gasteiger partial charge in [-0.25, -0.2) is 0 Å². The molecule has 1 N–H and O–H groups in total. The van der Waals surface area contributed by atoms with E-state index in [4.69, 9.17) is 9.47 Å². The Bertz CT molecular complexity index is 287. The molecule has 0 aliphatic rings. The molecule has 0 saturated heterocycles. The number of hydrogen-bond donors (Lipinski definition) is 1. The van der Waals surface area contributed by atoms with E-state index in [1.807, 2.05) is 18.2 Å². The van der Waals surface area contributed by atoms with E-state index < -0.39 is 0 Å². The second-order valence-electron chi connectivity index (χ2n) is 3.10. The number of ether oxygens (including phenoxy) is 2. The van der Waals surface area contributed by atoms with Gasteiger partial charge in [0.05, 0.1) is 13.7 Å². The maximum absolute atomic E-state index is 5.12. The van der Waals surface area contributed by atoms with Gasteiger partial charge in [-0.1, -0.05) is 0 Å². The topological polar surface area (TPSA) is 30.5 Å². The summed E-state index contributed by atoms with van der Waals surface area (Å²) in [4.78, 5) is 0. The van der Waals surface area contributed by atoms with Crippen LogP contribution in [-0.4, -0.2) is 27.4 Å². The highest BCUT2D eigenvalue weighted by Gasteiger charge is 1.98. The van der Waals surface area contributed by atoms with E-state index in [1.165, 1.54) is 5.56 Å². The Labute approximate surface area is 85.0 Å². The van der Waals surface area contributed by atoms with Gasteiger partial charge in [0.2, 0.25) is 0 Å². The van der Waals surface area contributed by atoms with Gasteiger partial charge in [-0.15, -0.1) is 0 Å². The molecule has 3 nitrogen and oxygen atoms in total. The molecule has 78 valence electrons. The van der Waals surface area contributed by atoms with Gasteiger partial charge in [0.15, 0.2) is 0 Å². The maximum atomic E-state index is 5.12. The number of hydrogen-bond acceptors (Lipinski definition) is 3. The SMILES string of the molecule is COCCNc1ccc(OC)cc1C. The number of nitrogens with one attached hydrogen (secondary N) is 1. The highest BCUT2D eigenvalue weighted by Crippen LogP contribution is 2.20. The first kappa shape index (κ1) is 10.9. The van der Waals surface area contributed by atoms with Gasteiger partial charge in [-0.05, 0) is 30.7 Å². The van der Waals surface area contributed by atoms with Crippen molar-refractivity contribution >= 4 is 5.69 Å². The van der Waals surface area contributed by atoms with Crippen molar-refractivity contribution in [1.29, 1.82) is 0 Å². The van der Waals surface area contributed by atoms with E-state index in [0.29, 0.717) is 6.61 Å². The normalized spacial score (nSPS) is 9.93. The Morgan fingerprint density at radius 1 is 1.29 bits per heavy atom. The number of benzene rings is 1. The molecular formula is C11H17NO2. The monoisotopic (exact) mass is 195 g/mol. The lowest BCUT2D eigenvalue weighted by molar-refractivity contribution is 0.211. The van der Waals surface area contributed by atoms with Gasteiger partial charge in [0.25, 0.3) is 0 Å². The van der Waals surface area contributed by atoms with Gasteiger partial charge >= 0.3 is 0 Å². The fourth-order valence-electron chi connectivity index (χ4n) is 1.25. The van der Waals surface area contributed by atoms with E-state index in [9.17, 15) is 0 Å². The molecule has 0 spiro atoms. The predicted octanol–water partition coefficient (Wildman–Crippen LogP) is 2.06. The van der Waals surface area contributed by atoms with Crippen LogP contribution in [0.1, 0.15) is 5.56 Å². The molecular weight excluding hydrogens is 178 g/mol. The molecule has 0 unspecified atom stereocenters. The molecule has 0 amide bonds. The van der Waals surface area contributed by atoms with Crippen molar-refractivity contribution in [2.45, 2.75) is 6.92 Å². The Balaban J connectivity index is 2.59. The number of methoxy groups -OCH3 is 2. The lowest BCUT2D eigenvalue weighted by Gasteiger charge is -2.10. The molecule has 1 rings (SSSR count). The Morgan fingerprint density at radius 3 is 2.64 bits per heavy atom. The summed E-state index contributed by atoms with van der Waals surface area (Å²) in [7, 11) is 3.37. The molecule has 0 aromatic heterocycles. The molecule has 0 heterocycles. The van der Waals surface area contributed by atoms with Gasteiger partial charge < -0.3 is 14.8 Å². The zero-order chi connectivity index (χ0) is 10.4. The Morgan fingerprint density at radius 2 is 2.07 bits per heavy atom. The molecule has 0 aliphatic heterocycles. The van der Waals surface area contributed by atoms with Gasteiger partial charge in [-0.3, -0.25) is 0 Å². The standard InChI is InChI=1S/C11H17NO2/c1-9-8-10(14-3)4-5-11(9)12-6-7-13-2/h4-5,8,12H,6-7H2,1-3H3. The first-order valence-electron chi connectivity index (χ1n) is 4.65. The highest BCUT2D eigenvalue weighted by atomic mass is 16.5. The average Bonchev–Trinajstić information content (AvgIpc) is 2.20. The Kier molecular flexibility index (Phi) is 4.26. The minimum absolute atomic E-state index is 0.714. The molecule has 1 aromatic rings. The number of anilines is 1. The smallest absolute Gasteiger partial charge is 0.119 e. The third-order valence-electron chi connectivity index (χ3n) is 2.06. The summed E-state index contributed by atoms with van der Waals surface area (Å²) in [5.74, 6) is 0.889. The molecule has 3 heteroatoms. The summed E-state index contributed by atoms with van der Waals surface area (Å²) >= 11 is 0. The van der Waals surface area contributed by atoms with Crippen molar-refractivity contribution in [3.8, 4) is 5.75 Å².